The molecular weight excluding hydrogens is 260 g/mol. The highest BCUT2D eigenvalue weighted by Crippen LogP contribution is 2.25. The summed E-state index contributed by atoms with van der Waals surface area (Å²) in [5.41, 5.74) is 0. The first-order valence-corrected chi connectivity index (χ1v) is 5.95. The van der Waals surface area contributed by atoms with E-state index in [9.17, 15) is 25.5 Å². The first-order chi connectivity index (χ1) is 8.91. The van der Waals surface area contributed by atoms with Crippen molar-refractivity contribution in [2.24, 2.45) is 0 Å². The molecule has 7 unspecified atom stereocenters. The lowest BCUT2D eigenvalue weighted by atomic mass is 10.0. The van der Waals surface area contributed by atoms with Gasteiger partial charge in [0.2, 0.25) is 6.29 Å². The normalized spacial score (nSPS) is 47.4. The Hall–Kier alpha value is -0.900. The van der Waals surface area contributed by atoms with Crippen LogP contribution in [0.5, 0.6) is 0 Å². The van der Waals surface area contributed by atoms with Gasteiger partial charge in [0.1, 0.15) is 36.8 Å². The SMILES string of the molecule is CC1OCC(O)C(O)C1OC1OC=C(O)C(O)C1O. The maximum Gasteiger partial charge on any atom is 0.228 e. The molecule has 0 amide bonds. The molecule has 110 valence electrons. The van der Waals surface area contributed by atoms with Crippen LogP contribution in [0.1, 0.15) is 6.92 Å². The third kappa shape index (κ3) is 2.83. The molecule has 2 rings (SSSR count). The van der Waals surface area contributed by atoms with Crippen molar-refractivity contribution in [3.8, 4) is 0 Å². The van der Waals surface area contributed by atoms with Gasteiger partial charge < -0.3 is 39.7 Å². The van der Waals surface area contributed by atoms with Crippen molar-refractivity contribution >= 4 is 0 Å². The molecule has 0 aromatic carbocycles. The van der Waals surface area contributed by atoms with Crippen LogP contribution in [-0.4, -0.2) is 75.1 Å². The highest BCUT2D eigenvalue weighted by Gasteiger charge is 2.43. The van der Waals surface area contributed by atoms with Crippen molar-refractivity contribution in [1.29, 1.82) is 0 Å². The van der Waals surface area contributed by atoms with Crippen molar-refractivity contribution < 1.29 is 39.7 Å². The van der Waals surface area contributed by atoms with E-state index in [2.05, 4.69) is 0 Å². The third-order valence-corrected chi connectivity index (χ3v) is 3.24. The van der Waals surface area contributed by atoms with E-state index in [-0.39, 0.29) is 6.61 Å². The molecule has 2 aliphatic heterocycles. The van der Waals surface area contributed by atoms with Crippen LogP contribution in [0.2, 0.25) is 0 Å². The molecule has 2 heterocycles. The number of hydrogen-bond donors (Lipinski definition) is 5. The topological polar surface area (TPSA) is 129 Å². The number of ether oxygens (including phenoxy) is 3. The van der Waals surface area contributed by atoms with Gasteiger partial charge in [0.25, 0.3) is 0 Å². The van der Waals surface area contributed by atoms with Gasteiger partial charge in [-0.15, -0.1) is 0 Å². The predicted octanol–water partition coefficient (Wildman–Crippen LogP) is -2.01. The van der Waals surface area contributed by atoms with Crippen molar-refractivity contribution in [3.63, 3.8) is 0 Å². The zero-order chi connectivity index (χ0) is 14.2. The molecule has 8 nitrogen and oxygen atoms in total. The van der Waals surface area contributed by atoms with Gasteiger partial charge in [-0.25, -0.2) is 0 Å². The van der Waals surface area contributed by atoms with E-state index in [1.54, 1.807) is 6.92 Å². The summed E-state index contributed by atoms with van der Waals surface area (Å²) in [5, 5.41) is 47.6. The monoisotopic (exact) mass is 278 g/mol. The van der Waals surface area contributed by atoms with Crippen LogP contribution in [0.3, 0.4) is 0 Å². The molecule has 1 saturated heterocycles. The Balaban J connectivity index is 2.04. The van der Waals surface area contributed by atoms with Gasteiger partial charge in [0.05, 0.1) is 12.7 Å². The summed E-state index contributed by atoms with van der Waals surface area (Å²) in [6.07, 6.45) is -7.20. The lowest BCUT2D eigenvalue weighted by Crippen LogP contribution is -2.56. The molecule has 0 aliphatic carbocycles. The third-order valence-electron chi connectivity index (χ3n) is 3.24. The fraction of sp³-hybridized carbons (Fsp3) is 0.818. The van der Waals surface area contributed by atoms with Gasteiger partial charge in [0.15, 0.2) is 5.76 Å². The van der Waals surface area contributed by atoms with Gasteiger partial charge in [0, 0.05) is 0 Å². The Kier molecular flexibility index (Phi) is 4.29. The smallest absolute Gasteiger partial charge is 0.228 e. The maximum atomic E-state index is 9.82. The quantitative estimate of drug-likeness (QED) is 0.392. The van der Waals surface area contributed by atoms with Crippen LogP contribution in [0.25, 0.3) is 0 Å². The van der Waals surface area contributed by atoms with Crippen LogP contribution < -0.4 is 0 Å². The van der Waals surface area contributed by atoms with Crippen LogP contribution in [0.15, 0.2) is 12.0 Å². The summed E-state index contributed by atoms with van der Waals surface area (Å²) in [6, 6.07) is 0. The van der Waals surface area contributed by atoms with Crippen LogP contribution in [0, 0.1) is 0 Å². The number of aliphatic hydroxyl groups is 5. The minimum atomic E-state index is -1.53. The molecule has 0 spiro atoms. The molecule has 0 radical (unpaired) electrons. The molecule has 19 heavy (non-hydrogen) atoms. The molecule has 5 N–H and O–H groups in total. The fourth-order valence-electron chi connectivity index (χ4n) is 2.01. The molecule has 0 bridgehead atoms. The second-order valence-corrected chi connectivity index (χ2v) is 4.68. The van der Waals surface area contributed by atoms with E-state index in [0.717, 1.165) is 6.26 Å². The van der Waals surface area contributed by atoms with E-state index in [0.29, 0.717) is 0 Å². The average molecular weight is 278 g/mol. The second kappa shape index (κ2) is 5.61. The van der Waals surface area contributed by atoms with E-state index in [1.807, 2.05) is 0 Å². The first kappa shape index (κ1) is 14.5. The van der Waals surface area contributed by atoms with Crippen molar-refractivity contribution in [3.05, 3.63) is 12.0 Å². The van der Waals surface area contributed by atoms with Crippen molar-refractivity contribution in [2.75, 3.05) is 6.61 Å². The van der Waals surface area contributed by atoms with E-state index < -0.39 is 48.7 Å². The summed E-state index contributed by atoms with van der Waals surface area (Å²) >= 11 is 0. The van der Waals surface area contributed by atoms with Crippen LogP contribution >= 0.6 is 0 Å². The summed E-state index contributed by atoms with van der Waals surface area (Å²) in [4.78, 5) is 0. The first-order valence-electron chi connectivity index (χ1n) is 5.95. The molecule has 0 aromatic rings. The summed E-state index contributed by atoms with van der Waals surface area (Å²) < 4.78 is 15.4. The van der Waals surface area contributed by atoms with Gasteiger partial charge >= 0.3 is 0 Å². The predicted molar refractivity (Wildman–Crippen MR) is 59.9 cm³/mol. The Morgan fingerprint density at radius 1 is 1.21 bits per heavy atom. The largest absolute Gasteiger partial charge is 0.506 e. The molecule has 1 fully saturated rings. The van der Waals surface area contributed by atoms with Crippen molar-refractivity contribution in [2.45, 2.75) is 49.8 Å². The number of rotatable bonds is 2. The molecule has 2 aliphatic rings. The van der Waals surface area contributed by atoms with Gasteiger partial charge in [-0.3, -0.25) is 0 Å². The van der Waals surface area contributed by atoms with Crippen molar-refractivity contribution in [1.82, 2.24) is 0 Å². The van der Waals surface area contributed by atoms with E-state index in [1.165, 1.54) is 0 Å². The van der Waals surface area contributed by atoms with E-state index >= 15 is 0 Å². The molecule has 7 atom stereocenters. The molecule has 8 heteroatoms. The van der Waals surface area contributed by atoms with Crippen LogP contribution in [-0.2, 0) is 14.2 Å². The summed E-state index contributed by atoms with van der Waals surface area (Å²) in [6.45, 7) is 1.62. The lowest BCUT2D eigenvalue weighted by molar-refractivity contribution is -0.279. The Morgan fingerprint density at radius 2 is 1.89 bits per heavy atom. The molecule has 0 aromatic heterocycles. The summed E-state index contributed by atoms with van der Waals surface area (Å²) in [5.74, 6) is -0.513. The Labute approximate surface area is 109 Å². The molecule has 0 saturated carbocycles. The highest BCUT2D eigenvalue weighted by atomic mass is 16.7. The minimum absolute atomic E-state index is 0.0143. The zero-order valence-electron chi connectivity index (χ0n) is 10.3. The number of aliphatic hydroxyl groups excluding tert-OH is 5. The summed E-state index contributed by atoms with van der Waals surface area (Å²) in [7, 11) is 0. The fourth-order valence-corrected chi connectivity index (χ4v) is 2.01. The average Bonchev–Trinajstić information content (AvgIpc) is 2.39. The lowest BCUT2D eigenvalue weighted by Gasteiger charge is -2.40. The van der Waals surface area contributed by atoms with Gasteiger partial charge in [-0.1, -0.05) is 0 Å². The van der Waals surface area contributed by atoms with Gasteiger partial charge in [-0.05, 0) is 6.92 Å². The number of hydrogen-bond acceptors (Lipinski definition) is 8. The van der Waals surface area contributed by atoms with Crippen LogP contribution in [0.4, 0.5) is 0 Å². The standard InChI is InChI=1S/C11H18O8/c1-4-10(8(15)6(13)2-17-4)19-11-9(16)7(14)5(12)3-18-11/h3-4,6-16H,2H2,1H3. The zero-order valence-corrected chi connectivity index (χ0v) is 10.3. The minimum Gasteiger partial charge on any atom is -0.506 e. The van der Waals surface area contributed by atoms with Gasteiger partial charge in [-0.2, -0.15) is 0 Å². The Bertz CT molecular complexity index is 346. The van der Waals surface area contributed by atoms with E-state index in [4.69, 9.17) is 14.2 Å². The maximum absolute atomic E-state index is 9.82. The Morgan fingerprint density at radius 3 is 2.58 bits per heavy atom. The second-order valence-electron chi connectivity index (χ2n) is 4.68. The highest BCUT2D eigenvalue weighted by molar-refractivity contribution is 5.02. The molecular formula is C11H18O8.